The normalized spacial score (nSPS) is 21.5. The molecule has 1 aliphatic heterocycles. The predicted octanol–water partition coefficient (Wildman–Crippen LogP) is 1.36. The van der Waals surface area contributed by atoms with Crippen LogP contribution in [0.3, 0.4) is 0 Å². The van der Waals surface area contributed by atoms with Crippen LogP contribution in [-0.4, -0.2) is 85.8 Å². The van der Waals surface area contributed by atoms with Crippen molar-refractivity contribution in [3.63, 3.8) is 0 Å². The lowest BCUT2D eigenvalue weighted by atomic mass is 10.1. The minimum atomic E-state index is -4.20. The van der Waals surface area contributed by atoms with Gasteiger partial charge >= 0.3 is 37.3 Å². The number of aliphatic carboxylic acids is 1. The number of carboxylic acids is 1. The summed E-state index contributed by atoms with van der Waals surface area (Å²) in [5, 5.41) is 35.0. The topological polar surface area (TPSA) is 237 Å². The number of nitrogens with zero attached hydrogens (tertiary/aromatic N) is 2. The number of esters is 1. The van der Waals surface area contributed by atoms with Gasteiger partial charge in [0.05, 0.1) is 12.7 Å². The van der Waals surface area contributed by atoms with Crippen molar-refractivity contribution >= 4 is 31.5 Å². The fraction of sp³-hybridized carbons (Fsp3) is 0.500. The zero-order valence-corrected chi connectivity index (χ0v) is 25.9. The Balaban J connectivity index is 1.61. The molecule has 0 radical (unpaired) electrons. The van der Waals surface area contributed by atoms with Gasteiger partial charge in [0, 0.05) is 6.20 Å². The molecule has 3 rings (SSSR count). The molecule has 1 aromatic carbocycles. The second-order valence-corrected chi connectivity index (χ2v) is 12.1. The standard InChI is InChI=1S/C26H34F2N5O12P/c1-13(2)43-22(38)15(4)32-46(41,31-14(3)21(36)37)45-17-7-5-16(6-8-17)12-42-25(40)30-19-9-10-33(24(39)29-19)23-26(27,28)20(35)18(11-34)44-23/h5-10,13-15,18,20,23,34-35H,11-12H2,1-4H3,(H,36,37)(H2,31,32,41)(H,29,30,39,40)/t14-,15-,18+,20+,23+,46?/m0/s1. The Bertz CT molecular complexity index is 1510. The second kappa shape index (κ2) is 15.1. The van der Waals surface area contributed by atoms with E-state index in [9.17, 15) is 42.7 Å². The van der Waals surface area contributed by atoms with Gasteiger partial charge in [0.2, 0.25) is 6.23 Å². The smallest absolute Gasteiger partial charge is 0.413 e. The Morgan fingerprint density at radius 2 is 1.74 bits per heavy atom. The van der Waals surface area contributed by atoms with Crippen LogP contribution in [0, 0.1) is 0 Å². The van der Waals surface area contributed by atoms with Gasteiger partial charge in [-0.15, -0.1) is 0 Å². The first kappa shape index (κ1) is 36.5. The molecule has 0 spiro atoms. The van der Waals surface area contributed by atoms with Crippen molar-refractivity contribution in [3.05, 3.63) is 52.6 Å². The highest BCUT2D eigenvalue weighted by atomic mass is 31.2. The molecule has 6 N–H and O–H groups in total. The van der Waals surface area contributed by atoms with E-state index in [1.807, 2.05) is 0 Å². The Morgan fingerprint density at radius 1 is 1.11 bits per heavy atom. The lowest BCUT2D eigenvalue weighted by Crippen LogP contribution is -2.43. The molecule has 0 aliphatic carbocycles. The summed E-state index contributed by atoms with van der Waals surface area (Å²) < 4.78 is 63.1. The molecule has 1 aromatic heterocycles. The van der Waals surface area contributed by atoms with Gasteiger partial charge in [-0.3, -0.25) is 19.5 Å². The highest BCUT2D eigenvalue weighted by Crippen LogP contribution is 2.42. The van der Waals surface area contributed by atoms with Gasteiger partial charge in [0.1, 0.15) is 36.4 Å². The van der Waals surface area contributed by atoms with Crippen LogP contribution in [0.5, 0.6) is 5.75 Å². The molecule has 2 aromatic rings. The number of amides is 1. The lowest BCUT2D eigenvalue weighted by Gasteiger charge is -2.26. The molecule has 6 atom stereocenters. The largest absolute Gasteiger partial charge is 0.480 e. The molecular weight excluding hydrogens is 643 g/mol. The van der Waals surface area contributed by atoms with E-state index in [0.29, 0.717) is 10.1 Å². The molecule has 0 bridgehead atoms. The van der Waals surface area contributed by atoms with Crippen LogP contribution in [0.1, 0.15) is 39.5 Å². The van der Waals surface area contributed by atoms with E-state index < -0.39 is 80.5 Å². The number of hydrogen-bond donors (Lipinski definition) is 6. The van der Waals surface area contributed by atoms with Crippen molar-refractivity contribution in [2.75, 3.05) is 11.9 Å². The van der Waals surface area contributed by atoms with E-state index in [0.717, 1.165) is 12.3 Å². The van der Waals surface area contributed by atoms with Crippen molar-refractivity contribution in [3.8, 4) is 5.75 Å². The van der Waals surface area contributed by atoms with Crippen molar-refractivity contribution in [1.82, 2.24) is 19.7 Å². The number of anilines is 1. The number of hydrogen-bond acceptors (Lipinski definition) is 12. The van der Waals surface area contributed by atoms with E-state index >= 15 is 0 Å². The predicted molar refractivity (Wildman–Crippen MR) is 153 cm³/mol. The van der Waals surface area contributed by atoms with Crippen LogP contribution in [0.15, 0.2) is 41.3 Å². The van der Waals surface area contributed by atoms with E-state index in [1.54, 1.807) is 13.8 Å². The summed E-state index contributed by atoms with van der Waals surface area (Å²) in [4.78, 5) is 51.6. The Hall–Kier alpha value is -4.00. The minimum absolute atomic E-state index is 0.00189. The molecular formula is C26H34F2N5O12P. The van der Waals surface area contributed by atoms with Crippen LogP contribution in [-0.2, 0) is 35.0 Å². The monoisotopic (exact) mass is 677 g/mol. The van der Waals surface area contributed by atoms with Crippen molar-refractivity contribution in [2.24, 2.45) is 0 Å². The number of alkyl halides is 2. The number of ether oxygens (including phenoxy) is 3. The van der Waals surface area contributed by atoms with E-state index in [2.05, 4.69) is 20.5 Å². The quantitative estimate of drug-likeness (QED) is 0.122. The van der Waals surface area contributed by atoms with Crippen LogP contribution in [0.25, 0.3) is 0 Å². The number of aliphatic hydroxyl groups excluding tert-OH is 2. The average Bonchev–Trinajstić information content (AvgIpc) is 3.19. The van der Waals surface area contributed by atoms with Gasteiger partial charge in [-0.2, -0.15) is 13.8 Å². The summed E-state index contributed by atoms with van der Waals surface area (Å²) in [6.07, 6.45) is -6.87. The van der Waals surface area contributed by atoms with E-state index in [1.165, 1.54) is 38.1 Å². The van der Waals surface area contributed by atoms with E-state index in [4.69, 9.17) is 23.8 Å². The maximum atomic E-state index is 14.3. The maximum absolute atomic E-state index is 14.3. The van der Waals surface area contributed by atoms with Gasteiger partial charge < -0.3 is 34.1 Å². The first-order chi connectivity index (χ1) is 21.5. The fourth-order valence-corrected chi connectivity index (χ4v) is 5.74. The van der Waals surface area contributed by atoms with Gasteiger partial charge in [-0.05, 0) is 51.5 Å². The fourth-order valence-electron chi connectivity index (χ4n) is 3.91. The first-order valence-corrected chi connectivity index (χ1v) is 15.3. The molecule has 1 amide bonds. The number of carbonyl (C=O) groups excluding carboxylic acids is 2. The van der Waals surface area contributed by atoms with Gasteiger partial charge in [0.15, 0.2) is 6.10 Å². The highest BCUT2D eigenvalue weighted by molar-refractivity contribution is 7.55. The number of rotatable bonds is 14. The third-order valence-corrected chi connectivity index (χ3v) is 8.12. The summed E-state index contributed by atoms with van der Waals surface area (Å²) in [5.41, 5.74) is -0.832. The van der Waals surface area contributed by atoms with Gasteiger partial charge in [-0.25, -0.2) is 24.3 Å². The van der Waals surface area contributed by atoms with Crippen LogP contribution in [0.2, 0.25) is 0 Å². The average molecular weight is 678 g/mol. The third kappa shape index (κ3) is 9.27. The highest BCUT2D eigenvalue weighted by Gasteiger charge is 2.59. The van der Waals surface area contributed by atoms with E-state index in [-0.39, 0.29) is 18.2 Å². The SMILES string of the molecule is CC(C)OC(=O)[C@H](C)NP(=O)(N[C@@H](C)C(=O)O)Oc1ccc(COC(=O)Nc2ccn([C@@H]3O[C@H](CO)[C@@H](O)C3(F)F)c(=O)n2)cc1. The van der Waals surface area contributed by atoms with Crippen molar-refractivity contribution in [1.29, 1.82) is 0 Å². The minimum Gasteiger partial charge on any atom is -0.480 e. The summed E-state index contributed by atoms with van der Waals surface area (Å²) in [6, 6.07) is 4.09. The maximum Gasteiger partial charge on any atom is 0.413 e. The first-order valence-electron chi connectivity index (χ1n) is 13.7. The lowest BCUT2D eigenvalue weighted by molar-refractivity contribution is -0.149. The zero-order chi connectivity index (χ0) is 34.4. The number of aliphatic hydroxyl groups is 2. The van der Waals surface area contributed by atoms with Crippen molar-refractivity contribution in [2.45, 2.75) is 76.8 Å². The molecule has 254 valence electrons. The summed E-state index contributed by atoms with van der Waals surface area (Å²) >= 11 is 0. The Morgan fingerprint density at radius 3 is 2.28 bits per heavy atom. The number of halogens is 2. The molecule has 0 saturated carbocycles. The molecule has 2 heterocycles. The van der Waals surface area contributed by atoms with Crippen LogP contribution < -0.4 is 25.7 Å². The number of carboxylic acid groups (broad SMARTS) is 1. The molecule has 1 unspecified atom stereocenters. The van der Waals surface area contributed by atoms with Gasteiger partial charge in [-0.1, -0.05) is 12.1 Å². The number of carbonyl (C=O) groups is 3. The summed E-state index contributed by atoms with van der Waals surface area (Å²) in [6.45, 7) is 4.61. The molecule has 17 nitrogen and oxygen atoms in total. The number of aromatic nitrogens is 2. The number of nitrogens with one attached hydrogen (secondary N) is 3. The molecule has 1 saturated heterocycles. The second-order valence-electron chi connectivity index (χ2n) is 10.3. The van der Waals surface area contributed by atoms with Gasteiger partial charge in [0.25, 0.3) is 0 Å². The Labute approximate surface area is 260 Å². The Kier molecular flexibility index (Phi) is 11.9. The summed E-state index contributed by atoms with van der Waals surface area (Å²) in [7, 11) is -4.20. The van der Waals surface area contributed by atoms with Crippen molar-refractivity contribution < 1.29 is 61.8 Å². The molecule has 46 heavy (non-hydrogen) atoms. The number of benzene rings is 1. The third-order valence-electron chi connectivity index (χ3n) is 6.20. The molecule has 1 fully saturated rings. The molecule has 1 aliphatic rings. The van der Waals surface area contributed by atoms with Crippen LogP contribution in [0.4, 0.5) is 19.4 Å². The zero-order valence-electron chi connectivity index (χ0n) is 25.0. The van der Waals surface area contributed by atoms with Crippen LogP contribution >= 0.6 is 7.67 Å². The summed E-state index contributed by atoms with van der Waals surface area (Å²) in [5.74, 6) is -6.32. The molecule has 20 heteroatoms.